The van der Waals surface area contributed by atoms with E-state index in [-0.39, 0.29) is 0 Å². The van der Waals surface area contributed by atoms with Crippen LogP contribution in [-0.4, -0.2) is 32.5 Å². The Morgan fingerprint density at radius 3 is 1.80 bits per heavy atom. The average Bonchev–Trinajstić information content (AvgIpc) is 3.69. The van der Waals surface area contributed by atoms with Crippen LogP contribution in [0.3, 0.4) is 0 Å². The number of rotatable bonds is 13. The van der Waals surface area contributed by atoms with Crippen molar-refractivity contribution < 1.29 is 30.5 Å². The molecule has 0 atom stereocenters. The zero-order valence-corrected chi connectivity index (χ0v) is 33.1. The maximum absolute atomic E-state index is 11.4. The minimum absolute atomic E-state index is 0.392. The summed E-state index contributed by atoms with van der Waals surface area (Å²) in [5.41, 5.74) is 5.77. The van der Waals surface area contributed by atoms with Gasteiger partial charge in [0.25, 0.3) is 25.2 Å². The molecule has 1 aliphatic rings. The molecule has 0 fully saturated rings. The van der Waals surface area contributed by atoms with Gasteiger partial charge in [-0.25, -0.2) is 0 Å². The third-order valence-electron chi connectivity index (χ3n) is 9.91. The highest BCUT2D eigenvalue weighted by molar-refractivity contribution is 8.04. The van der Waals surface area contributed by atoms with Gasteiger partial charge in [-0.1, -0.05) is 126 Å². The normalized spacial score (nSPS) is 14.1. The smallest absolute Gasteiger partial charge is 0.269 e. The van der Waals surface area contributed by atoms with E-state index in [1.54, 1.807) is 47.4 Å². The Hall–Kier alpha value is -4.56. The molecule has 1 aromatic heterocycles. The summed E-state index contributed by atoms with van der Waals surface area (Å²) in [6.07, 6.45) is 5.71. The predicted molar refractivity (Wildman–Crippen MR) is 225 cm³/mol. The Labute approximate surface area is 329 Å². The van der Waals surface area contributed by atoms with Crippen LogP contribution in [0.5, 0.6) is 0 Å². The fourth-order valence-corrected chi connectivity index (χ4v) is 11.0. The summed E-state index contributed by atoms with van der Waals surface area (Å²) >= 11 is 3.59. The number of aromatic nitrogens is 1. The molecule has 6 aromatic carbocycles. The zero-order chi connectivity index (χ0) is 38.2. The Bertz CT molecular complexity index is 2800. The average molecular weight is 808 g/mol. The van der Waals surface area contributed by atoms with E-state index in [1.165, 1.54) is 42.3 Å². The molecule has 0 spiro atoms. The Morgan fingerprint density at radius 2 is 1.16 bits per heavy atom. The lowest BCUT2D eigenvalue weighted by Gasteiger charge is -2.22. The van der Waals surface area contributed by atoms with Crippen LogP contribution >= 0.6 is 23.1 Å². The van der Waals surface area contributed by atoms with Crippen molar-refractivity contribution in [1.82, 2.24) is 0 Å². The van der Waals surface area contributed by atoms with Crippen molar-refractivity contribution in [3.05, 3.63) is 154 Å². The molecule has 0 saturated carbocycles. The number of hydrogen-bond acceptors (Lipinski definition) is 7. The molecule has 2 heterocycles. The molecule has 7 aromatic rings. The second kappa shape index (κ2) is 15.5. The molecule has 8 nitrogen and oxygen atoms in total. The largest absolute Gasteiger partial charge is 0.334 e. The fourth-order valence-electron chi connectivity index (χ4n) is 7.42. The van der Waals surface area contributed by atoms with Gasteiger partial charge in [-0.05, 0) is 70.5 Å². The van der Waals surface area contributed by atoms with Crippen molar-refractivity contribution >= 4 is 86.9 Å². The fraction of sp³-hybridized carbons (Fsp3) is 0.186. The number of fused-ring (bicyclic) bond motifs is 6. The number of thiazole rings is 1. The SMILES string of the molecule is O=S(=O)(O)Cc1ccc(CCCN2C(=Cc3sc4ccc5ccccc5c4[n+]3CCCc3ccc(CS(=O)(=O)O)cc3)Sc3ccc4ccccc4c32)cc1. The van der Waals surface area contributed by atoms with E-state index in [9.17, 15) is 25.9 Å². The number of aryl methyl sites for hydroxylation is 3. The molecule has 0 amide bonds. The molecule has 1 aliphatic heterocycles. The summed E-state index contributed by atoms with van der Waals surface area (Å²) in [6.45, 7) is 1.57. The molecule has 0 aliphatic carbocycles. The molecule has 0 bridgehead atoms. The summed E-state index contributed by atoms with van der Waals surface area (Å²) in [5, 5.41) is 7.13. The lowest BCUT2D eigenvalue weighted by Crippen LogP contribution is -2.35. The number of anilines is 1. The first-order chi connectivity index (χ1) is 26.5. The molecule has 8 rings (SSSR count). The topological polar surface area (TPSA) is 116 Å². The van der Waals surface area contributed by atoms with E-state index in [4.69, 9.17) is 0 Å². The van der Waals surface area contributed by atoms with Gasteiger partial charge < -0.3 is 4.90 Å². The summed E-state index contributed by atoms with van der Waals surface area (Å²) in [5.74, 6) is -0.785. The first-order valence-electron chi connectivity index (χ1n) is 18.1. The lowest BCUT2D eigenvalue weighted by molar-refractivity contribution is -0.668. The molecule has 55 heavy (non-hydrogen) atoms. The van der Waals surface area contributed by atoms with Crippen LogP contribution in [-0.2, 0) is 51.1 Å². The van der Waals surface area contributed by atoms with Crippen molar-refractivity contribution in [1.29, 1.82) is 0 Å². The maximum atomic E-state index is 11.4. The van der Waals surface area contributed by atoms with E-state index >= 15 is 0 Å². The van der Waals surface area contributed by atoms with E-state index in [0.29, 0.717) is 11.1 Å². The number of thioether (sulfide) groups is 1. The van der Waals surface area contributed by atoms with Gasteiger partial charge in [0.1, 0.15) is 16.2 Å². The Balaban J connectivity index is 1.12. The van der Waals surface area contributed by atoms with Crippen molar-refractivity contribution in [3.63, 3.8) is 0 Å². The van der Waals surface area contributed by atoms with Gasteiger partial charge in [0.15, 0.2) is 6.54 Å². The van der Waals surface area contributed by atoms with E-state index < -0.39 is 31.7 Å². The van der Waals surface area contributed by atoms with Gasteiger partial charge in [-0.3, -0.25) is 9.11 Å². The third-order valence-corrected chi connectivity index (χ3v) is 13.5. The summed E-state index contributed by atoms with van der Waals surface area (Å²) in [6, 6.07) is 40.7. The summed E-state index contributed by atoms with van der Waals surface area (Å²) in [7, 11) is -8.17. The van der Waals surface area contributed by atoms with E-state index in [1.807, 2.05) is 24.3 Å². The molecule has 0 unspecified atom stereocenters. The van der Waals surface area contributed by atoms with Gasteiger partial charge in [-0.15, -0.1) is 0 Å². The molecule has 2 N–H and O–H groups in total. The van der Waals surface area contributed by atoms with Crippen molar-refractivity contribution in [2.75, 3.05) is 11.4 Å². The van der Waals surface area contributed by atoms with Crippen LogP contribution in [0, 0.1) is 0 Å². The quantitative estimate of drug-likeness (QED) is 0.0875. The molecule has 280 valence electrons. The van der Waals surface area contributed by atoms with Crippen LogP contribution < -0.4 is 9.47 Å². The first kappa shape index (κ1) is 37.4. The summed E-state index contributed by atoms with van der Waals surface area (Å²) in [4.78, 5) is 3.67. The highest BCUT2D eigenvalue weighted by atomic mass is 32.2. The predicted octanol–water partition coefficient (Wildman–Crippen LogP) is 9.45. The van der Waals surface area contributed by atoms with Crippen LogP contribution in [0.4, 0.5) is 5.69 Å². The Kier molecular flexibility index (Phi) is 10.5. The van der Waals surface area contributed by atoms with Crippen LogP contribution in [0.1, 0.15) is 40.1 Å². The molecule has 12 heteroatoms. The third kappa shape index (κ3) is 8.65. The van der Waals surface area contributed by atoms with Crippen LogP contribution in [0.2, 0.25) is 0 Å². The standard InChI is InChI=1S/C43H38N2O6S4/c46-54(47,48)28-32-17-13-30(14-18-32)7-5-25-44-40(52-38-23-21-34-9-1-3-11-36(34)42(38)44)27-41-45(43-37-12-4-2-10-35(37)22-24-39(43)53-41)26-6-8-31-15-19-33(20-16-31)29-55(49,50)51/h1-4,9-24,27H,5-8,25-26,28-29H2,(H-,46,47,48,49,50,51)/p+1. The first-order valence-corrected chi connectivity index (χ1v) is 22.9. The van der Waals surface area contributed by atoms with Crippen LogP contribution in [0.15, 0.2) is 131 Å². The second-order valence-electron chi connectivity index (χ2n) is 13.9. The monoisotopic (exact) mass is 807 g/mol. The van der Waals surface area contributed by atoms with Crippen molar-refractivity contribution in [3.8, 4) is 0 Å². The van der Waals surface area contributed by atoms with Gasteiger partial charge in [0.2, 0.25) is 5.52 Å². The second-order valence-corrected chi connectivity index (χ2v) is 18.9. The van der Waals surface area contributed by atoms with E-state index in [0.717, 1.165) is 59.9 Å². The van der Waals surface area contributed by atoms with Gasteiger partial charge in [-0.2, -0.15) is 21.4 Å². The molecular formula is C43H39N2O6S4+. The van der Waals surface area contributed by atoms with Crippen LogP contribution in [0.25, 0.3) is 37.8 Å². The minimum Gasteiger partial charge on any atom is -0.334 e. The molecular weight excluding hydrogens is 769 g/mol. The number of hydrogen-bond donors (Lipinski definition) is 2. The highest BCUT2D eigenvalue weighted by Gasteiger charge is 2.30. The number of nitrogens with zero attached hydrogens (tertiary/aromatic N) is 2. The zero-order valence-electron chi connectivity index (χ0n) is 29.8. The lowest BCUT2D eigenvalue weighted by atomic mass is 10.1. The maximum Gasteiger partial charge on any atom is 0.269 e. The highest BCUT2D eigenvalue weighted by Crippen LogP contribution is 2.50. The Morgan fingerprint density at radius 1 is 0.618 bits per heavy atom. The van der Waals surface area contributed by atoms with Gasteiger partial charge >= 0.3 is 0 Å². The molecule has 0 radical (unpaired) electrons. The summed E-state index contributed by atoms with van der Waals surface area (Å²) < 4.78 is 67.6. The van der Waals surface area contributed by atoms with Gasteiger partial charge in [0.05, 0.1) is 22.2 Å². The van der Waals surface area contributed by atoms with E-state index in [2.05, 4.69) is 88.3 Å². The van der Waals surface area contributed by atoms with Crippen molar-refractivity contribution in [2.45, 2.75) is 48.6 Å². The minimum atomic E-state index is -4.08. The molecule has 0 saturated heterocycles. The number of benzene rings is 6. The van der Waals surface area contributed by atoms with Gasteiger partial charge in [0, 0.05) is 23.2 Å². The van der Waals surface area contributed by atoms with Crippen molar-refractivity contribution in [2.24, 2.45) is 0 Å².